The van der Waals surface area contributed by atoms with Crippen LogP contribution in [0, 0.1) is 11.6 Å². The van der Waals surface area contributed by atoms with Crippen LogP contribution in [0.3, 0.4) is 0 Å². The van der Waals surface area contributed by atoms with E-state index in [-0.39, 0.29) is 19.1 Å². The molecule has 1 fully saturated rings. The van der Waals surface area contributed by atoms with Crippen molar-refractivity contribution in [3.05, 3.63) is 66.2 Å². The summed E-state index contributed by atoms with van der Waals surface area (Å²) < 4.78 is 32.5. The van der Waals surface area contributed by atoms with Gasteiger partial charge in [0.25, 0.3) is 0 Å². The Morgan fingerprint density at radius 1 is 1.00 bits per heavy atom. The summed E-state index contributed by atoms with van der Waals surface area (Å²) in [4.78, 5) is 13.3. The third-order valence-electron chi connectivity index (χ3n) is 5.09. The second-order valence-electron chi connectivity index (χ2n) is 7.40. The third-order valence-corrected chi connectivity index (χ3v) is 5.09. The largest absolute Gasteiger partial charge is 0.491 e. The first-order chi connectivity index (χ1) is 14.5. The molecule has 3 aromatic rings. The number of aliphatic hydroxyl groups is 1. The third kappa shape index (κ3) is 4.75. The molecular formula is C23H22F2N2O3. The fraction of sp³-hybridized carbons (Fsp3) is 0.261. The summed E-state index contributed by atoms with van der Waals surface area (Å²) in [5, 5.41) is 14.9. The minimum atomic E-state index is -0.884. The average molecular weight is 412 g/mol. The van der Waals surface area contributed by atoms with E-state index in [4.69, 9.17) is 4.74 Å². The number of aliphatic hydroxyl groups excluding tert-OH is 1. The predicted octanol–water partition coefficient (Wildman–Crippen LogP) is 2.96. The van der Waals surface area contributed by atoms with Crippen LogP contribution in [-0.4, -0.2) is 54.8 Å². The van der Waals surface area contributed by atoms with E-state index in [1.807, 2.05) is 41.3 Å². The number of ether oxygens (including phenoxy) is 1. The van der Waals surface area contributed by atoms with Gasteiger partial charge in [0.05, 0.1) is 6.54 Å². The average Bonchev–Trinajstić information content (AvgIpc) is 2.73. The zero-order chi connectivity index (χ0) is 21.1. The molecule has 1 atom stereocenters. The summed E-state index contributed by atoms with van der Waals surface area (Å²) in [6.07, 6.45) is -0.722. The van der Waals surface area contributed by atoms with Gasteiger partial charge in [0.2, 0.25) is 5.91 Å². The van der Waals surface area contributed by atoms with Crippen molar-refractivity contribution in [2.24, 2.45) is 0 Å². The molecule has 1 saturated heterocycles. The number of benzene rings is 3. The van der Waals surface area contributed by atoms with E-state index in [1.165, 1.54) is 12.1 Å². The highest BCUT2D eigenvalue weighted by Crippen LogP contribution is 2.28. The molecule has 1 aliphatic heterocycles. The SMILES string of the molecule is O=C1CN(CC(O)COc2ccc3ccc(-c4ccc(F)c(F)c4)cc3c2)CCN1. The van der Waals surface area contributed by atoms with Crippen LogP contribution in [0.25, 0.3) is 21.9 Å². The second-order valence-corrected chi connectivity index (χ2v) is 7.40. The molecule has 30 heavy (non-hydrogen) atoms. The molecular weight excluding hydrogens is 390 g/mol. The summed E-state index contributed by atoms with van der Waals surface area (Å²) in [7, 11) is 0. The van der Waals surface area contributed by atoms with Gasteiger partial charge in [-0.1, -0.05) is 24.3 Å². The first-order valence-electron chi connectivity index (χ1n) is 9.77. The number of β-amino-alcohol motifs (C(OH)–C–C–N with tert-alkyl or cyclic N) is 1. The Morgan fingerprint density at radius 2 is 1.77 bits per heavy atom. The van der Waals surface area contributed by atoms with Gasteiger partial charge < -0.3 is 15.2 Å². The van der Waals surface area contributed by atoms with Crippen molar-refractivity contribution in [3.8, 4) is 16.9 Å². The molecule has 1 amide bonds. The van der Waals surface area contributed by atoms with Crippen molar-refractivity contribution in [2.45, 2.75) is 6.10 Å². The lowest BCUT2D eigenvalue weighted by atomic mass is 10.0. The summed E-state index contributed by atoms with van der Waals surface area (Å²) in [5.74, 6) is -1.20. The van der Waals surface area contributed by atoms with Gasteiger partial charge >= 0.3 is 0 Å². The Kier molecular flexibility index (Phi) is 5.92. The highest BCUT2D eigenvalue weighted by Gasteiger charge is 2.19. The number of nitrogens with zero attached hydrogens (tertiary/aromatic N) is 1. The van der Waals surface area contributed by atoms with Crippen molar-refractivity contribution in [3.63, 3.8) is 0 Å². The maximum atomic E-state index is 13.6. The number of hydrogen-bond acceptors (Lipinski definition) is 4. The summed E-state index contributed by atoms with van der Waals surface area (Å²) in [6, 6.07) is 15.0. The Bertz CT molecular complexity index is 1070. The summed E-state index contributed by atoms with van der Waals surface area (Å²) >= 11 is 0. The smallest absolute Gasteiger partial charge is 0.234 e. The Morgan fingerprint density at radius 3 is 2.57 bits per heavy atom. The molecule has 1 unspecified atom stereocenters. The topological polar surface area (TPSA) is 61.8 Å². The van der Waals surface area contributed by atoms with E-state index in [9.17, 15) is 18.7 Å². The van der Waals surface area contributed by atoms with Gasteiger partial charge in [0.1, 0.15) is 18.5 Å². The standard InChI is InChI=1S/C23H22F2N2O3/c24-21-6-4-17(11-22(21)25)16-2-1-15-3-5-20(10-18(15)9-16)30-14-19(28)12-27-8-7-26-23(29)13-27/h1-6,9-11,19,28H,7-8,12-14H2,(H,26,29). The number of hydrogen-bond donors (Lipinski definition) is 2. The Balaban J connectivity index is 1.44. The van der Waals surface area contributed by atoms with Crippen LogP contribution in [-0.2, 0) is 4.79 Å². The Hall–Kier alpha value is -3.03. The fourth-order valence-corrected chi connectivity index (χ4v) is 3.56. The molecule has 0 aliphatic carbocycles. The lowest BCUT2D eigenvalue weighted by Crippen LogP contribution is -2.50. The number of halogens is 2. The molecule has 2 N–H and O–H groups in total. The lowest BCUT2D eigenvalue weighted by Gasteiger charge is -2.28. The minimum absolute atomic E-state index is 0.0410. The van der Waals surface area contributed by atoms with Crippen LogP contribution in [0.2, 0.25) is 0 Å². The van der Waals surface area contributed by atoms with Crippen LogP contribution < -0.4 is 10.1 Å². The fourth-order valence-electron chi connectivity index (χ4n) is 3.56. The van der Waals surface area contributed by atoms with Crippen molar-refractivity contribution >= 4 is 16.7 Å². The van der Waals surface area contributed by atoms with Crippen molar-refractivity contribution < 1.29 is 23.4 Å². The maximum Gasteiger partial charge on any atom is 0.234 e. The van der Waals surface area contributed by atoms with E-state index in [0.29, 0.717) is 30.9 Å². The molecule has 0 aromatic heterocycles. The number of piperazine rings is 1. The first kappa shape index (κ1) is 20.3. The van der Waals surface area contributed by atoms with Gasteiger partial charge in [-0.05, 0) is 52.2 Å². The maximum absolute atomic E-state index is 13.6. The minimum Gasteiger partial charge on any atom is -0.491 e. The molecule has 1 heterocycles. The molecule has 0 spiro atoms. The van der Waals surface area contributed by atoms with Crippen LogP contribution in [0.5, 0.6) is 5.75 Å². The molecule has 0 saturated carbocycles. The van der Waals surface area contributed by atoms with Crippen LogP contribution in [0.1, 0.15) is 0 Å². The molecule has 5 nitrogen and oxygen atoms in total. The quantitative estimate of drug-likeness (QED) is 0.654. The van der Waals surface area contributed by atoms with E-state index in [0.717, 1.165) is 22.4 Å². The van der Waals surface area contributed by atoms with Crippen molar-refractivity contribution in [2.75, 3.05) is 32.8 Å². The summed E-state index contributed by atoms with van der Waals surface area (Å²) in [6.45, 7) is 2.02. The number of carbonyl (C=O) groups excluding carboxylic acids is 1. The zero-order valence-electron chi connectivity index (χ0n) is 16.3. The van der Waals surface area contributed by atoms with Gasteiger partial charge in [-0.15, -0.1) is 0 Å². The highest BCUT2D eigenvalue weighted by molar-refractivity contribution is 5.88. The van der Waals surface area contributed by atoms with E-state index < -0.39 is 17.7 Å². The van der Waals surface area contributed by atoms with Gasteiger partial charge in [0, 0.05) is 19.6 Å². The molecule has 156 valence electrons. The van der Waals surface area contributed by atoms with Crippen LogP contribution >= 0.6 is 0 Å². The van der Waals surface area contributed by atoms with Gasteiger partial charge in [0.15, 0.2) is 11.6 Å². The van der Waals surface area contributed by atoms with Crippen molar-refractivity contribution in [1.82, 2.24) is 10.2 Å². The first-order valence-corrected chi connectivity index (χ1v) is 9.77. The zero-order valence-corrected chi connectivity index (χ0v) is 16.3. The van der Waals surface area contributed by atoms with E-state index >= 15 is 0 Å². The van der Waals surface area contributed by atoms with Crippen molar-refractivity contribution in [1.29, 1.82) is 0 Å². The molecule has 3 aromatic carbocycles. The predicted molar refractivity (Wildman–Crippen MR) is 110 cm³/mol. The van der Waals surface area contributed by atoms with Gasteiger partial charge in [-0.25, -0.2) is 8.78 Å². The number of nitrogens with one attached hydrogen (secondary N) is 1. The van der Waals surface area contributed by atoms with Crippen LogP contribution in [0.15, 0.2) is 54.6 Å². The summed E-state index contributed by atoms with van der Waals surface area (Å²) in [5.41, 5.74) is 1.35. The number of rotatable bonds is 6. The number of amides is 1. The van der Waals surface area contributed by atoms with Crippen LogP contribution in [0.4, 0.5) is 8.78 Å². The number of carbonyl (C=O) groups is 1. The van der Waals surface area contributed by atoms with E-state index in [2.05, 4.69) is 5.32 Å². The normalized spacial score (nSPS) is 15.8. The molecule has 4 rings (SSSR count). The molecule has 0 radical (unpaired) electrons. The molecule has 1 aliphatic rings. The van der Waals surface area contributed by atoms with E-state index in [1.54, 1.807) is 0 Å². The molecule has 0 bridgehead atoms. The Labute approximate surface area is 172 Å². The lowest BCUT2D eigenvalue weighted by molar-refractivity contribution is -0.124. The van der Waals surface area contributed by atoms with Gasteiger partial charge in [-0.2, -0.15) is 0 Å². The number of fused-ring (bicyclic) bond motifs is 1. The monoisotopic (exact) mass is 412 g/mol. The molecule has 7 heteroatoms. The highest BCUT2D eigenvalue weighted by atomic mass is 19.2. The van der Waals surface area contributed by atoms with Gasteiger partial charge in [-0.3, -0.25) is 9.69 Å². The second kappa shape index (κ2) is 8.77.